The minimum absolute atomic E-state index is 0.0257. The Bertz CT molecular complexity index is 1150. The normalized spacial score (nSPS) is 18.8. The topological polar surface area (TPSA) is 61.7 Å². The van der Waals surface area contributed by atoms with Crippen LogP contribution in [0.3, 0.4) is 0 Å². The van der Waals surface area contributed by atoms with Crippen molar-refractivity contribution in [2.45, 2.75) is 20.3 Å². The van der Waals surface area contributed by atoms with Crippen molar-refractivity contribution >= 4 is 23.2 Å². The Morgan fingerprint density at radius 2 is 1.48 bits per heavy atom. The number of anilines is 2. The van der Waals surface area contributed by atoms with Gasteiger partial charge in [-0.15, -0.1) is 0 Å². The van der Waals surface area contributed by atoms with Crippen LogP contribution in [0.4, 0.5) is 11.4 Å². The molecule has 0 saturated carbocycles. The molecule has 3 aromatic rings. The molecular weight excluding hydrogens is 414 g/mol. The van der Waals surface area contributed by atoms with Crippen molar-refractivity contribution in [2.75, 3.05) is 42.5 Å². The Morgan fingerprint density at radius 3 is 2.12 bits per heavy atom. The van der Waals surface area contributed by atoms with Crippen molar-refractivity contribution in [3.63, 3.8) is 0 Å². The third-order valence-corrected chi connectivity index (χ3v) is 6.70. The number of rotatable bonds is 4. The summed E-state index contributed by atoms with van der Waals surface area (Å²) in [6.45, 7) is 7.44. The Hall–Kier alpha value is -3.61. The summed E-state index contributed by atoms with van der Waals surface area (Å²) in [7, 11) is 0. The molecule has 0 bridgehead atoms. The van der Waals surface area contributed by atoms with E-state index in [0.717, 1.165) is 41.5 Å². The van der Waals surface area contributed by atoms with E-state index in [4.69, 9.17) is 5.10 Å². The van der Waals surface area contributed by atoms with Crippen LogP contribution in [0, 0.1) is 19.8 Å². The van der Waals surface area contributed by atoms with Gasteiger partial charge in [0.05, 0.1) is 28.7 Å². The van der Waals surface area contributed by atoms with E-state index in [0.29, 0.717) is 19.6 Å². The number of nitrogens with zero attached hydrogens (tertiary/aromatic N) is 5. The molecule has 3 heterocycles. The zero-order valence-electron chi connectivity index (χ0n) is 19.1. The summed E-state index contributed by atoms with van der Waals surface area (Å²) < 4.78 is 1.99. The molecule has 7 nitrogen and oxygen atoms in total. The molecular formula is C26H29N5O2. The van der Waals surface area contributed by atoms with Crippen LogP contribution < -0.4 is 9.80 Å². The van der Waals surface area contributed by atoms with E-state index in [2.05, 4.69) is 24.0 Å². The highest BCUT2D eigenvalue weighted by molar-refractivity contribution is 6.00. The average Bonchev–Trinajstić information content (AvgIpc) is 3.39. The molecule has 0 radical (unpaired) electrons. The fourth-order valence-electron chi connectivity index (χ4n) is 5.05. The lowest BCUT2D eigenvalue weighted by Crippen LogP contribution is -2.51. The minimum Gasteiger partial charge on any atom is -0.365 e. The number of para-hydroxylation sites is 2. The van der Waals surface area contributed by atoms with Crippen LogP contribution in [0.2, 0.25) is 0 Å². The Kier molecular flexibility index (Phi) is 5.62. The van der Waals surface area contributed by atoms with E-state index in [1.54, 1.807) is 4.90 Å². The highest BCUT2D eigenvalue weighted by Gasteiger charge is 2.38. The van der Waals surface area contributed by atoms with E-state index in [1.165, 1.54) is 0 Å². The molecule has 0 N–H and O–H groups in total. The van der Waals surface area contributed by atoms with Gasteiger partial charge in [-0.2, -0.15) is 5.10 Å². The Morgan fingerprint density at radius 1 is 0.879 bits per heavy atom. The summed E-state index contributed by atoms with van der Waals surface area (Å²) in [6.07, 6.45) is 0.288. The number of benzene rings is 2. The molecule has 1 aromatic heterocycles. The summed E-state index contributed by atoms with van der Waals surface area (Å²) in [6, 6.07) is 19.8. The van der Waals surface area contributed by atoms with Crippen molar-refractivity contribution in [1.82, 2.24) is 14.7 Å². The molecule has 5 rings (SSSR count). The van der Waals surface area contributed by atoms with Crippen molar-refractivity contribution < 1.29 is 9.59 Å². The molecule has 2 aliphatic heterocycles. The van der Waals surface area contributed by atoms with Crippen LogP contribution >= 0.6 is 0 Å². The van der Waals surface area contributed by atoms with Gasteiger partial charge in [0, 0.05) is 44.8 Å². The number of hydrogen-bond donors (Lipinski definition) is 0. The monoisotopic (exact) mass is 443 g/mol. The van der Waals surface area contributed by atoms with E-state index >= 15 is 0 Å². The first-order chi connectivity index (χ1) is 16.0. The fraction of sp³-hybridized carbons (Fsp3) is 0.346. The van der Waals surface area contributed by atoms with Crippen LogP contribution in [0.15, 0.2) is 60.7 Å². The summed E-state index contributed by atoms with van der Waals surface area (Å²) in [5.41, 5.74) is 5.17. The molecule has 170 valence electrons. The van der Waals surface area contributed by atoms with Crippen LogP contribution in [0.5, 0.6) is 0 Å². The highest BCUT2D eigenvalue weighted by Crippen LogP contribution is 2.29. The molecule has 0 aliphatic carbocycles. The van der Waals surface area contributed by atoms with Crippen molar-refractivity contribution in [3.05, 3.63) is 72.1 Å². The standard InChI is InChI=1S/C26H29N5O2/c1-19-25(20(2)31(27-19)23-11-7-4-8-12-23)28-13-15-29(16-14-28)26(33)21-17-24(32)30(18-21)22-9-5-3-6-10-22/h3-12,21H,13-18H2,1-2H3. The second-order valence-electron chi connectivity index (χ2n) is 8.82. The zero-order chi connectivity index (χ0) is 22.9. The number of aromatic nitrogens is 2. The molecule has 2 aliphatic rings. The maximum absolute atomic E-state index is 13.2. The summed E-state index contributed by atoms with van der Waals surface area (Å²) >= 11 is 0. The van der Waals surface area contributed by atoms with Gasteiger partial charge in [0.15, 0.2) is 0 Å². The number of hydrogen-bond acceptors (Lipinski definition) is 4. The zero-order valence-corrected chi connectivity index (χ0v) is 19.1. The SMILES string of the molecule is Cc1nn(-c2ccccc2)c(C)c1N1CCN(C(=O)C2CC(=O)N(c3ccccc3)C2)CC1. The van der Waals surface area contributed by atoms with Gasteiger partial charge in [0.2, 0.25) is 11.8 Å². The second-order valence-corrected chi connectivity index (χ2v) is 8.82. The Labute approximate surface area is 194 Å². The summed E-state index contributed by atoms with van der Waals surface area (Å²) in [4.78, 5) is 31.7. The fourth-order valence-corrected chi connectivity index (χ4v) is 5.05. The molecule has 7 heteroatoms. The summed E-state index contributed by atoms with van der Waals surface area (Å²) in [5.74, 6) is -0.152. The van der Waals surface area contributed by atoms with Gasteiger partial charge < -0.3 is 14.7 Å². The Balaban J connectivity index is 1.24. The van der Waals surface area contributed by atoms with Crippen LogP contribution in [-0.2, 0) is 9.59 Å². The van der Waals surface area contributed by atoms with Gasteiger partial charge in [-0.1, -0.05) is 36.4 Å². The third-order valence-electron chi connectivity index (χ3n) is 6.70. The van der Waals surface area contributed by atoms with E-state index in [1.807, 2.05) is 65.0 Å². The largest absolute Gasteiger partial charge is 0.365 e. The predicted molar refractivity (Wildman–Crippen MR) is 129 cm³/mol. The quantitative estimate of drug-likeness (QED) is 0.621. The van der Waals surface area contributed by atoms with Gasteiger partial charge in [-0.05, 0) is 38.1 Å². The highest BCUT2D eigenvalue weighted by atomic mass is 16.2. The molecule has 1 atom stereocenters. The number of piperazine rings is 1. The van der Waals surface area contributed by atoms with Gasteiger partial charge in [0.1, 0.15) is 0 Å². The molecule has 2 fully saturated rings. The van der Waals surface area contributed by atoms with Crippen molar-refractivity contribution in [3.8, 4) is 5.69 Å². The molecule has 33 heavy (non-hydrogen) atoms. The smallest absolute Gasteiger partial charge is 0.228 e. The lowest BCUT2D eigenvalue weighted by atomic mass is 10.1. The van der Waals surface area contributed by atoms with Crippen LogP contribution in [-0.4, -0.2) is 59.2 Å². The van der Waals surface area contributed by atoms with E-state index < -0.39 is 0 Å². The number of aryl methyl sites for hydroxylation is 1. The third kappa shape index (κ3) is 3.99. The van der Waals surface area contributed by atoms with Crippen LogP contribution in [0.1, 0.15) is 17.8 Å². The minimum atomic E-state index is -0.270. The average molecular weight is 444 g/mol. The first-order valence-electron chi connectivity index (χ1n) is 11.5. The number of carbonyl (C=O) groups excluding carboxylic acids is 2. The second kappa shape index (κ2) is 8.73. The van der Waals surface area contributed by atoms with E-state index in [9.17, 15) is 9.59 Å². The van der Waals surface area contributed by atoms with E-state index in [-0.39, 0.29) is 24.2 Å². The lowest BCUT2D eigenvalue weighted by Gasteiger charge is -2.37. The summed E-state index contributed by atoms with van der Waals surface area (Å²) in [5, 5.41) is 4.77. The predicted octanol–water partition coefficient (Wildman–Crippen LogP) is 3.19. The number of carbonyl (C=O) groups is 2. The van der Waals surface area contributed by atoms with Crippen molar-refractivity contribution in [2.24, 2.45) is 5.92 Å². The first-order valence-corrected chi connectivity index (χ1v) is 11.5. The number of amides is 2. The van der Waals surface area contributed by atoms with Gasteiger partial charge >= 0.3 is 0 Å². The lowest BCUT2D eigenvalue weighted by molar-refractivity contribution is -0.136. The van der Waals surface area contributed by atoms with Gasteiger partial charge in [0.25, 0.3) is 0 Å². The van der Waals surface area contributed by atoms with Crippen molar-refractivity contribution in [1.29, 1.82) is 0 Å². The maximum Gasteiger partial charge on any atom is 0.228 e. The maximum atomic E-state index is 13.2. The van der Waals surface area contributed by atoms with Gasteiger partial charge in [-0.3, -0.25) is 9.59 Å². The van der Waals surface area contributed by atoms with Gasteiger partial charge in [-0.25, -0.2) is 4.68 Å². The molecule has 1 unspecified atom stereocenters. The molecule has 0 spiro atoms. The van der Waals surface area contributed by atoms with Crippen LogP contribution in [0.25, 0.3) is 5.69 Å². The first kappa shape index (κ1) is 21.2. The molecule has 2 saturated heterocycles. The molecule has 2 aromatic carbocycles. The molecule has 2 amide bonds.